The number of pyridine rings is 1. The number of aromatic nitrogens is 5. The van der Waals surface area contributed by atoms with Gasteiger partial charge in [0, 0.05) is 6.20 Å². The topological polar surface area (TPSA) is 56.5 Å². The van der Waals surface area contributed by atoms with Gasteiger partial charge >= 0.3 is 0 Å². The normalized spacial score (nSPS) is 10.5. The van der Waals surface area contributed by atoms with Crippen molar-refractivity contribution in [3.8, 4) is 17.2 Å². The fraction of sp³-hybridized carbons (Fsp3) is 0. The zero-order valence-corrected chi connectivity index (χ0v) is 9.23. The highest BCUT2D eigenvalue weighted by molar-refractivity contribution is 5.47. The van der Waals surface area contributed by atoms with Crippen molar-refractivity contribution >= 4 is 0 Å². The predicted molar refractivity (Wildman–Crippen MR) is 62.3 cm³/mol. The van der Waals surface area contributed by atoms with E-state index in [1.165, 1.54) is 6.07 Å². The van der Waals surface area contributed by atoms with Crippen LogP contribution in [0.3, 0.4) is 0 Å². The minimum absolute atomic E-state index is 0.257. The molecule has 0 unspecified atom stereocenters. The van der Waals surface area contributed by atoms with Gasteiger partial charge in [-0.3, -0.25) is 4.98 Å². The van der Waals surface area contributed by atoms with Gasteiger partial charge in [-0.05, 0) is 29.5 Å². The lowest BCUT2D eigenvalue weighted by molar-refractivity contribution is 0.592. The van der Waals surface area contributed by atoms with Crippen LogP contribution in [0.15, 0.2) is 48.7 Å². The molecule has 0 N–H and O–H groups in total. The van der Waals surface area contributed by atoms with E-state index in [0.29, 0.717) is 11.5 Å². The molecule has 1 aromatic carbocycles. The summed E-state index contributed by atoms with van der Waals surface area (Å²) in [6, 6.07) is 11.6. The van der Waals surface area contributed by atoms with Crippen LogP contribution in [0.5, 0.6) is 0 Å². The zero-order valence-electron chi connectivity index (χ0n) is 9.23. The van der Waals surface area contributed by atoms with Crippen LogP contribution < -0.4 is 0 Å². The van der Waals surface area contributed by atoms with Crippen LogP contribution in [0.4, 0.5) is 4.39 Å². The largest absolute Gasteiger partial charge is 0.253 e. The number of hydrogen-bond acceptors (Lipinski definition) is 4. The Morgan fingerprint density at radius 2 is 1.83 bits per heavy atom. The third-order valence-corrected chi connectivity index (χ3v) is 2.38. The highest BCUT2D eigenvalue weighted by Gasteiger charge is 2.10. The Bertz CT molecular complexity index is 665. The maximum absolute atomic E-state index is 13.5. The lowest BCUT2D eigenvalue weighted by Gasteiger charge is -1.98. The molecule has 0 fully saturated rings. The third kappa shape index (κ3) is 1.84. The molecule has 0 aliphatic heterocycles. The minimum Gasteiger partial charge on any atom is -0.253 e. The number of halogens is 1. The number of rotatable bonds is 2. The highest BCUT2D eigenvalue weighted by atomic mass is 19.1. The standard InChI is InChI=1S/C12H8FN5/c13-9-5-1-2-7-11(9)18-16-12(15-17-18)10-6-3-4-8-14-10/h1-8H. The monoisotopic (exact) mass is 241 g/mol. The van der Waals surface area contributed by atoms with Crippen LogP contribution in [0.25, 0.3) is 17.2 Å². The molecular formula is C12H8FN5. The van der Waals surface area contributed by atoms with Gasteiger partial charge in [-0.25, -0.2) is 4.39 Å². The van der Waals surface area contributed by atoms with Crippen molar-refractivity contribution in [2.45, 2.75) is 0 Å². The van der Waals surface area contributed by atoms with Gasteiger partial charge in [0.05, 0.1) is 0 Å². The van der Waals surface area contributed by atoms with Crippen molar-refractivity contribution in [3.63, 3.8) is 0 Å². The number of benzene rings is 1. The molecule has 2 heterocycles. The quantitative estimate of drug-likeness (QED) is 0.687. The van der Waals surface area contributed by atoms with E-state index < -0.39 is 5.82 Å². The molecule has 0 atom stereocenters. The molecule has 2 aromatic heterocycles. The van der Waals surface area contributed by atoms with Gasteiger partial charge in [-0.15, -0.1) is 15.0 Å². The Kier molecular flexibility index (Phi) is 2.53. The molecule has 0 bridgehead atoms. The van der Waals surface area contributed by atoms with Gasteiger partial charge in [-0.2, -0.15) is 0 Å². The Morgan fingerprint density at radius 3 is 2.61 bits per heavy atom. The number of para-hydroxylation sites is 1. The molecule has 5 nitrogen and oxygen atoms in total. The predicted octanol–water partition coefficient (Wildman–Crippen LogP) is 1.86. The fourth-order valence-corrected chi connectivity index (χ4v) is 1.53. The molecule has 88 valence electrons. The Labute approximate surface area is 102 Å². The molecule has 3 rings (SSSR count). The summed E-state index contributed by atoms with van der Waals surface area (Å²) in [5.41, 5.74) is 0.854. The summed E-state index contributed by atoms with van der Waals surface area (Å²) in [6.07, 6.45) is 1.64. The van der Waals surface area contributed by atoms with Crippen molar-refractivity contribution in [2.24, 2.45) is 0 Å². The van der Waals surface area contributed by atoms with E-state index in [1.807, 2.05) is 6.07 Å². The molecule has 0 aliphatic carbocycles. The van der Waals surface area contributed by atoms with Crippen molar-refractivity contribution in [1.29, 1.82) is 0 Å². The molecule has 0 radical (unpaired) electrons. The van der Waals surface area contributed by atoms with Gasteiger partial charge in [0.25, 0.3) is 0 Å². The van der Waals surface area contributed by atoms with Crippen molar-refractivity contribution in [2.75, 3.05) is 0 Å². The maximum atomic E-state index is 13.5. The molecule has 18 heavy (non-hydrogen) atoms. The second-order valence-corrected chi connectivity index (χ2v) is 3.57. The van der Waals surface area contributed by atoms with E-state index in [0.717, 1.165) is 4.80 Å². The van der Waals surface area contributed by atoms with Crippen molar-refractivity contribution in [3.05, 3.63) is 54.5 Å². The molecule has 0 saturated carbocycles. The third-order valence-electron chi connectivity index (χ3n) is 2.38. The van der Waals surface area contributed by atoms with Crippen LogP contribution in [0.1, 0.15) is 0 Å². The molecular weight excluding hydrogens is 233 g/mol. The molecule has 0 aliphatic rings. The second kappa shape index (κ2) is 4.33. The first-order chi connectivity index (χ1) is 8.84. The van der Waals surface area contributed by atoms with E-state index in [-0.39, 0.29) is 5.69 Å². The molecule has 3 aromatic rings. The average Bonchev–Trinajstić information content (AvgIpc) is 2.90. The minimum atomic E-state index is -0.400. The van der Waals surface area contributed by atoms with Crippen LogP contribution in [0, 0.1) is 5.82 Å². The molecule has 0 saturated heterocycles. The van der Waals surface area contributed by atoms with E-state index in [9.17, 15) is 4.39 Å². The van der Waals surface area contributed by atoms with Crippen LogP contribution >= 0.6 is 0 Å². The van der Waals surface area contributed by atoms with Gasteiger partial charge in [0.2, 0.25) is 5.82 Å². The first-order valence-electron chi connectivity index (χ1n) is 5.31. The van der Waals surface area contributed by atoms with E-state index in [4.69, 9.17) is 0 Å². The summed E-state index contributed by atoms with van der Waals surface area (Å²) in [6.45, 7) is 0. The lowest BCUT2D eigenvalue weighted by Crippen LogP contribution is -2.01. The summed E-state index contributed by atoms with van der Waals surface area (Å²) in [4.78, 5) is 5.26. The van der Waals surface area contributed by atoms with E-state index >= 15 is 0 Å². The molecule has 0 amide bonds. The Balaban J connectivity index is 2.03. The van der Waals surface area contributed by atoms with Crippen LogP contribution in [-0.2, 0) is 0 Å². The van der Waals surface area contributed by atoms with Crippen LogP contribution in [0.2, 0.25) is 0 Å². The van der Waals surface area contributed by atoms with Gasteiger partial charge < -0.3 is 0 Å². The molecule has 6 heteroatoms. The first kappa shape index (κ1) is 10.5. The maximum Gasteiger partial charge on any atom is 0.223 e. The summed E-state index contributed by atoms with van der Waals surface area (Å²) in [5, 5.41) is 11.8. The van der Waals surface area contributed by atoms with E-state index in [1.54, 1.807) is 36.5 Å². The molecule has 0 spiro atoms. The zero-order chi connectivity index (χ0) is 12.4. The Hall–Kier alpha value is -2.63. The smallest absolute Gasteiger partial charge is 0.223 e. The van der Waals surface area contributed by atoms with Crippen LogP contribution in [-0.4, -0.2) is 25.2 Å². The average molecular weight is 241 g/mol. The SMILES string of the molecule is Fc1ccccc1-n1nnc(-c2ccccn2)n1. The van der Waals surface area contributed by atoms with Crippen molar-refractivity contribution in [1.82, 2.24) is 25.2 Å². The number of nitrogens with zero attached hydrogens (tertiary/aromatic N) is 5. The lowest BCUT2D eigenvalue weighted by atomic mass is 10.3. The summed E-state index contributed by atoms with van der Waals surface area (Å²) < 4.78 is 13.5. The van der Waals surface area contributed by atoms with E-state index in [2.05, 4.69) is 20.4 Å². The first-order valence-corrected chi connectivity index (χ1v) is 5.31. The summed E-state index contributed by atoms with van der Waals surface area (Å²) in [7, 11) is 0. The van der Waals surface area contributed by atoms with Gasteiger partial charge in [-0.1, -0.05) is 18.2 Å². The fourth-order valence-electron chi connectivity index (χ4n) is 1.53. The second-order valence-electron chi connectivity index (χ2n) is 3.57. The summed E-state index contributed by atoms with van der Waals surface area (Å²) in [5.74, 6) is -0.0404. The Morgan fingerprint density at radius 1 is 1.00 bits per heavy atom. The number of tetrazole rings is 1. The van der Waals surface area contributed by atoms with Crippen molar-refractivity contribution < 1.29 is 4.39 Å². The summed E-state index contributed by atoms with van der Waals surface area (Å²) >= 11 is 0. The highest BCUT2D eigenvalue weighted by Crippen LogP contribution is 2.13. The van der Waals surface area contributed by atoms with Gasteiger partial charge in [0.1, 0.15) is 11.4 Å². The van der Waals surface area contributed by atoms with Gasteiger partial charge in [0.15, 0.2) is 5.82 Å². The number of hydrogen-bond donors (Lipinski definition) is 0.